The number of carbonyl (C=O) groups is 1. The summed E-state index contributed by atoms with van der Waals surface area (Å²) in [6.45, 7) is 6.59. The highest BCUT2D eigenvalue weighted by molar-refractivity contribution is 5.98. The second kappa shape index (κ2) is 5.95. The van der Waals surface area contributed by atoms with Crippen LogP contribution in [0.3, 0.4) is 0 Å². The standard InChI is InChI=1S/C19H21N5O/c1-11-4-6-17-14(8-11)9-16(12(2)20-17)19(25)21-15-5-7-18-23-22-13(3)24(18)10-15/h4,6,8-9,15H,5,7,10H2,1-3H3,(H,21,25)/t15-/m0/s1. The first kappa shape index (κ1) is 15.7. The van der Waals surface area contributed by atoms with E-state index in [1.165, 1.54) is 0 Å². The van der Waals surface area contributed by atoms with Gasteiger partial charge in [0.2, 0.25) is 0 Å². The maximum Gasteiger partial charge on any atom is 0.253 e. The molecule has 0 bridgehead atoms. The summed E-state index contributed by atoms with van der Waals surface area (Å²) in [6.07, 6.45) is 1.71. The zero-order valence-electron chi connectivity index (χ0n) is 14.7. The van der Waals surface area contributed by atoms with E-state index in [0.29, 0.717) is 5.56 Å². The van der Waals surface area contributed by atoms with Gasteiger partial charge in [-0.25, -0.2) is 0 Å². The van der Waals surface area contributed by atoms with Crippen LogP contribution in [0, 0.1) is 20.8 Å². The van der Waals surface area contributed by atoms with E-state index in [1.54, 1.807) is 0 Å². The molecule has 0 saturated heterocycles. The van der Waals surface area contributed by atoms with E-state index in [0.717, 1.165) is 53.2 Å². The molecule has 1 N–H and O–H groups in total. The summed E-state index contributed by atoms with van der Waals surface area (Å²) < 4.78 is 2.09. The van der Waals surface area contributed by atoms with Crippen LogP contribution in [0.1, 0.15) is 39.7 Å². The number of hydrogen-bond donors (Lipinski definition) is 1. The van der Waals surface area contributed by atoms with E-state index in [4.69, 9.17) is 0 Å². The second-order valence-electron chi connectivity index (χ2n) is 6.80. The Morgan fingerprint density at radius 1 is 1.20 bits per heavy atom. The van der Waals surface area contributed by atoms with Gasteiger partial charge in [-0.15, -0.1) is 10.2 Å². The number of benzene rings is 1. The fraction of sp³-hybridized carbons (Fsp3) is 0.368. The van der Waals surface area contributed by atoms with E-state index in [9.17, 15) is 4.79 Å². The molecule has 6 heteroatoms. The monoisotopic (exact) mass is 335 g/mol. The molecule has 1 aromatic carbocycles. The summed E-state index contributed by atoms with van der Waals surface area (Å²) in [5, 5.41) is 12.4. The maximum atomic E-state index is 12.8. The topological polar surface area (TPSA) is 72.7 Å². The first-order chi connectivity index (χ1) is 12.0. The quantitative estimate of drug-likeness (QED) is 0.781. The molecule has 128 valence electrons. The van der Waals surface area contributed by atoms with Gasteiger partial charge in [0.05, 0.1) is 16.8 Å². The average molecular weight is 335 g/mol. The molecule has 1 atom stereocenters. The Morgan fingerprint density at radius 3 is 2.88 bits per heavy atom. The lowest BCUT2D eigenvalue weighted by Gasteiger charge is -2.25. The zero-order valence-corrected chi connectivity index (χ0v) is 14.7. The van der Waals surface area contributed by atoms with Crippen molar-refractivity contribution >= 4 is 16.8 Å². The van der Waals surface area contributed by atoms with Gasteiger partial charge in [0, 0.05) is 24.4 Å². The van der Waals surface area contributed by atoms with Gasteiger partial charge in [-0.05, 0) is 45.4 Å². The number of nitrogens with one attached hydrogen (secondary N) is 1. The lowest BCUT2D eigenvalue weighted by Crippen LogP contribution is -2.41. The molecule has 0 radical (unpaired) electrons. The van der Waals surface area contributed by atoms with Crippen molar-refractivity contribution < 1.29 is 4.79 Å². The van der Waals surface area contributed by atoms with Gasteiger partial charge in [0.25, 0.3) is 5.91 Å². The van der Waals surface area contributed by atoms with Gasteiger partial charge in [0.15, 0.2) is 0 Å². The van der Waals surface area contributed by atoms with Crippen molar-refractivity contribution in [2.24, 2.45) is 0 Å². The van der Waals surface area contributed by atoms with Crippen LogP contribution >= 0.6 is 0 Å². The lowest BCUT2D eigenvalue weighted by atomic mass is 10.0. The molecule has 25 heavy (non-hydrogen) atoms. The van der Waals surface area contributed by atoms with Gasteiger partial charge < -0.3 is 9.88 Å². The molecule has 3 heterocycles. The summed E-state index contributed by atoms with van der Waals surface area (Å²) >= 11 is 0. The molecule has 0 aliphatic carbocycles. The van der Waals surface area contributed by atoms with Crippen LogP contribution in [0.15, 0.2) is 24.3 Å². The van der Waals surface area contributed by atoms with Gasteiger partial charge >= 0.3 is 0 Å². The average Bonchev–Trinajstić information content (AvgIpc) is 2.95. The molecule has 1 aliphatic rings. The molecule has 3 aromatic rings. The smallest absolute Gasteiger partial charge is 0.253 e. The zero-order chi connectivity index (χ0) is 17.6. The second-order valence-corrected chi connectivity index (χ2v) is 6.80. The van der Waals surface area contributed by atoms with Gasteiger partial charge in [-0.2, -0.15) is 0 Å². The molecule has 4 rings (SSSR count). The molecule has 0 spiro atoms. The molecule has 1 aliphatic heterocycles. The Hall–Kier alpha value is -2.76. The Balaban J connectivity index is 1.58. The van der Waals surface area contributed by atoms with E-state index < -0.39 is 0 Å². The minimum atomic E-state index is -0.0624. The van der Waals surface area contributed by atoms with Crippen LogP contribution in [0.4, 0.5) is 0 Å². The largest absolute Gasteiger partial charge is 0.347 e. The minimum absolute atomic E-state index is 0.0624. The Bertz CT molecular complexity index is 975. The fourth-order valence-corrected chi connectivity index (χ4v) is 3.47. The predicted octanol–water partition coefficient (Wildman–Crippen LogP) is 2.50. The molecule has 0 saturated carbocycles. The van der Waals surface area contributed by atoms with Crippen molar-refractivity contribution in [3.63, 3.8) is 0 Å². The van der Waals surface area contributed by atoms with Crippen LogP contribution in [-0.4, -0.2) is 31.7 Å². The highest BCUT2D eigenvalue weighted by Crippen LogP contribution is 2.19. The third-order valence-electron chi connectivity index (χ3n) is 4.87. The summed E-state index contributed by atoms with van der Waals surface area (Å²) in [4.78, 5) is 17.4. The van der Waals surface area contributed by atoms with E-state index >= 15 is 0 Å². The number of rotatable bonds is 2. The Morgan fingerprint density at radius 2 is 2.04 bits per heavy atom. The summed E-state index contributed by atoms with van der Waals surface area (Å²) in [6, 6.07) is 8.12. The predicted molar refractivity (Wildman–Crippen MR) is 95.6 cm³/mol. The molecular weight excluding hydrogens is 314 g/mol. The molecular formula is C19H21N5O. The van der Waals surface area contributed by atoms with E-state index in [1.807, 2.05) is 39.0 Å². The van der Waals surface area contributed by atoms with E-state index in [-0.39, 0.29) is 11.9 Å². The Kier molecular flexibility index (Phi) is 3.75. The molecule has 6 nitrogen and oxygen atoms in total. The van der Waals surface area contributed by atoms with Crippen molar-refractivity contribution in [2.75, 3.05) is 0 Å². The number of nitrogens with zero attached hydrogens (tertiary/aromatic N) is 4. The van der Waals surface area contributed by atoms with Crippen molar-refractivity contribution in [2.45, 2.75) is 46.2 Å². The SMILES string of the molecule is Cc1ccc2nc(C)c(C(=O)N[C@H]3CCc4nnc(C)n4C3)cc2c1. The van der Waals surface area contributed by atoms with Crippen LogP contribution in [0.2, 0.25) is 0 Å². The van der Waals surface area contributed by atoms with Crippen molar-refractivity contribution in [1.29, 1.82) is 0 Å². The normalized spacial score (nSPS) is 16.7. The van der Waals surface area contributed by atoms with Crippen LogP contribution in [0.5, 0.6) is 0 Å². The van der Waals surface area contributed by atoms with Crippen LogP contribution in [-0.2, 0) is 13.0 Å². The number of carbonyl (C=O) groups excluding carboxylic acids is 1. The van der Waals surface area contributed by atoms with Gasteiger partial charge in [0.1, 0.15) is 11.6 Å². The van der Waals surface area contributed by atoms with Crippen molar-refractivity contribution in [3.05, 3.63) is 52.7 Å². The highest BCUT2D eigenvalue weighted by Gasteiger charge is 2.24. The van der Waals surface area contributed by atoms with E-state index in [2.05, 4.69) is 31.1 Å². The number of amides is 1. The van der Waals surface area contributed by atoms with Gasteiger partial charge in [-0.3, -0.25) is 9.78 Å². The number of hydrogen-bond acceptors (Lipinski definition) is 4. The Labute approximate surface area is 146 Å². The van der Waals surface area contributed by atoms with Gasteiger partial charge in [-0.1, -0.05) is 11.6 Å². The molecule has 0 fully saturated rings. The molecule has 0 unspecified atom stereocenters. The first-order valence-corrected chi connectivity index (χ1v) is 8.59. The highest BCUT2D eigenvalue weighted by atomic mass is 16.1. The first-order valence-electron chi connectivity index (χ1n) is 8.59. The summed E-state index contributed by atoms with van der Waals surface area (Å²) in [5.74, 6) is 1.84. The number of fused-ring (bicyclic) bond motifs is 2. The van der Waals surface area contributed by atoms with Crippen molar-refractivity contribution in [1.82, 2.24) is 25.1 Å². The minimum Gasteiger partial charge on any atom is -0.347 e. The van der Waals surface area contributed by atoms with Crippen molar-refractivity contribution in [3.8, 4) is 0 Å². The van der Waals surface area contributed by atoms with Crippen LogP contribution < -0.4 is 5.32 Å². The third-order valence-corrected chi connectivity index (χ3v) is 4.87. The number of aromatic nitrogens is 4. The summed E-state index contributed by atoms with van der Waals surface area (Å²) in [7, 11) is 0. The lowest BCUT2D eigenvalue weighted by molar-refractivity contribution is 0.0926. The summed E-state index contributed by atoms with van der Waals surface area (Å²) in [5.41, 5.74) is 3.48. The number of aryl methyl sites for hydroxylation is 4. The molecule has 2 aromatic heterocycles. The maximum absolute atomic E-state index is 12.8. The third kappa shape index (κ3) is 2.88. The van der Waals surface area contributed by atoms with Crippen LogP contribution in [0.25, 0.3) is 10.9 Å². The fourth-order valence-electron chi connectivity index (χ4n) is 3.47. The molecule has 1 amide bonds. The number of pyridine rings is 1.